The van der Waals surface area contributed by atoms with Crippen LogP contribution in [0.1, 0.15) is 12.8 Å². The van der Waals surface area contributed by atoms with Gasteiger partial charge in [-0.1, -0.05) is 0 Å². The molecular weight excluding hydrogens is 200 g/mol. The van der Waals surface area contributed by atoms with Crippen molar-refractivity contribution in [2.24, 2.45) is 0 Å². The normalized spacial score (nSPS) is 29.2. The summed E-state index contributed by atoms with van der Waals surface area (Å²) in [6, 6.07) is 1.56. The Labute approximate surface area is 99.4 Å². The Morgan fingerprint density at radius 2 is 2.00 bits per heavy atom. The zero-order chi connectivity index (χ0) is 11.4. The van der Waals surface area contributed by atoms with E-state index >= 15 is 0 Å². The largest absolute Gasteiger partial charge is 0.318 e. The first kappa shape index (κ1) is 12.3. The lowest BCUT2D eigenvalue weighted by molar-refractivity contribution is 0.0370. The Hall–Kier alpha value is -0.160. The maximum absolute atomic E-state index is 3.58. The van der Waals surface area contributed by atoms with Crippen LogP contribution in [0.5, 0.6) is 0 Å². The molecule has 0 aromatic heterocycles. The molecule has 2 fully saturated rings. The Bertz CT molecular complexity index is 203. The number of likely N-dealkylation sites (N-methyl/N-ethyl adjacent to an activating group) is 2. The first-order chi connectivity index (χ1) is 7.79. The third-order valence-electron chi connectivity index (χ3n) is 3.83. The van der Waals surface area contributed by atoms with Crippen LogP contribution in [0.2, 0.25) is 0 Å². The number of hydrogen-bond acceptors (Lipinski definition) is 4. The van der Waals surface area contributed by atoms with Gasteiger partial charge in [-0.15, -0.1) is 0 Å². The van der Waals surface area contributed by atoms with Gasteiger partial charge in [0, 0.05) is 44.8 Å². The molecule has 2 saturated heterocycles. The molecule has 16 heavy (non-hydrogen) atoms. The van der Waals surface area contributed by atoms with Gasteiger partial charge in [-0.3, -0.25) is 4.90 Å². The van der Waals surface area contributed by atoms with Gasteiger partial charge in [0.15, 0.2) is 0 Å². The van der Waals surface area contributed by atoms with Crippen LogP contribution in [0.25, 0.3) is 0 Å². The molecule has 0 bridgehead atoms. The molecule has 0 spiro atoms. The lowest BCUT2D eigenvalue weighted by atomic mass is 9.98. The van der Waals surface area contributed by atoms with Crippen molar-refractivity contribution in [1.82, 2.24) is 20.4 Å². The first-order valence-electron chi connectivity index (χ1n) is 6.60. The number of nitrogens with one attached hydrogen (secondary N) is 2. The van der Waals surface area contributed by atoms with Gasteiger partial charge in [0.1, 0.15) is 0 Å². The molecule has 94 valence electrons. The fourth-order valence-electron chi connectivity index (χ4n) is 2.78. The van der Waals surface area contributed by atoms with Crippen LogP contribution in [0.15, 0.2) is 0 Å². The van der Waals surface area contributed by atoms with Gasteiger partial charge in [-0.05, 0) is 33.5 Å². The van der Waals surface area contributed by atoms with Gasteiger partial charge >= 0.3 is 0 Å². The summed E-state index contributed by atoms with van der Waals surface area (Å²) >= 11 is 0. The maximum atomic E-state index is 3.58. The van der Waals surface area contributed by atoms with Gasteiger partial charge < -0.3 is 15.5 Å². The molecule has 2 rings (SSSR count). The molecule has 0 radical (unpaired) electrons. The van der Waals surface area contributed by atoms with Crippen molar-refractivity contribution in [1.29, 1.82) is 0 Å². The van der Waals surface area contributed by atoms with Crippen LogP contribution in [0.3, 0.4) is 0 Å². The van der Waals surface area contributed by atoms with Crippen molar-refractivity contribution in [2.45, 2.75) is 24.9 Å². The van der Waals surface area contributed by atoms with Crippen LogP contribution in [-0.2, 0) is 0 Å². The maximum Gasteiger partial charge on any atom is 0.0323 e. The molecule has 1 unspecified atom stereocenters. The molecular formula is C12H26N4. The molecule has 0 aliphatic carbocycles. The molecule has 4 heteroatoms. The van der Waals surface area contributed by atoms with E-state index < -0.39 is 0 Å². The van der Waals surface area contributed by atoms with E-state index in [1.165, 1.54) is 39.0 Å². The fraction of sp³-hybridized carbons (Fsp3) is 1.00. The van der Waals surface area contributed by atoms with Crippen LogP contribution < -0.4 is 10.6 Å². The molecule has 2 N–H and O–H groups in total. The predicted molar refractivity (Wildman–Crippen MR) is 67.8 cm³/mol. The Kier molecular flexibility index (Phi) is 4.58. The second kappa shape index (κ2) is 5.96. The van der Waals surface area contributed by atoms with Gasteiger partial charge in [-0.25, -0.2) is 0 Å². The molecule has 2 aliphatic rings. The predicted octanol–water partition coefficient (Wildman–Crippen LogP) is -0.426. The lowest BCUT2D eigenvalue weighted by Gasteiger charge is -2.47. The Morgan fingerprint density at radius 1 is 1.19 bits per heavy atom. The summed E-state index contributed by atoms with van der Waals surface area (Å²) in [4.78, 5) is 5.11. The van der Waals surface area contributed by atoms with Crippen molar-refractivity contribution < 1.29 is 0 Å². The van der Waals surface area contributed by atoms with E-state index in [-0.39, 0.29) is 0 Å². The molecule has 2 aliphatic heterocycles. The Morgan fingerprint density at radius 3 is 2.69 bits per heavy atom. The topological polar surface area (TPSA) is 30.5 Å². The minimum Gasteiger partial charge on any atom is -0.318 e. The number of rotatable bonds is 5. The number of nitrogens with zero attached hydrogens (tertiary/aromatic N) is 2. The SMILES string of the molecule is CNCCNC1CN(C2CCCN(C)C2)C1. The number of piperidine rings is 1. The van der Waals surface area contributed by atoms with Crippen molar-refractivity contribution in [3.63, 3.8) is 0 Å². The average Bonchev–Trinajstić information content (AvgIpc) is 2.21. The summed E-state index contributed by atoms with van der Waals surface area (Å²) in [5.41, 5.74) is 0. The quantitative estimate of drug-likeness (QED) is 0.623. The van der Waals surface area contributed by atoms with Gasteiger partial charge in [0.2, 0.25) is 0 Å². The minimum absolute atomic E-state index is 0.737. The number of hydrogen-bond donors (Lipinski definition) is 2. The van der Waals surface area contributed by atoms with Crippen LogP contribution in [0.4, 0.5) is 0 Å². The standard InChI is InChI=1S/C12H26N4/c1-13-5-6-14-11-8-16(9-11)12-4-3-7-15(2)10-12/h11-14H,3-10H2,1-2H3. The van der Waals surface area contributed by atoms with Crippen LogP contribution >= 0.6 is 0 Å². The zero-order valence-corrected chi connectivity index (χ0v) is 10.7. The molecule has 0 saturated carbocycles. The highest BCUT2D eigenvalue weighted by Crippen LogP contribution is 2.20. The zero-order valence-electron chi connectivity index (χ0n) is 10.7. The van der Waals surface area contributed by atoms with Crippen molar-refractivity contribution in [2.75, 3.05) is 53.4 Å². The van der Waals surface area contributed by atoms with Gasteiger partial charge in [0.05, 0.1) is 0 Å². The highest BCUT2D eigenvalue weighted by Gasteiger charge is 2.33. The van der Waals surface area contributed by atoms with E-state index in [0.717, 1.165) is 25.2 Å². The monoisotopic (exact) mass is 226 g/mol. The van der Waals surface area contributed by atoms with Crippen molar-refractivity contribution in [3.8, 4) is 0 Å². The highest BCUT2D eigenvalue weighted by atomic mass is 15.3. The second-order valence-electron chi connectivity index (χ2n) is 5.27. The summed E-state index contributed by atoms with van der Waals surface area (Å²) < 4.78 is 0. The minimum atomic E-state index is 0.737. The van der Waals surface area contributed by atoms with Crippen LogP contribution in [0, 0.1) is 0 Å². The highest BCUT2D eigenvalue weighted by molar-refractivity contribution is 4.92. The molecule has 4 nitrogen and oxygen atoms in total. The lowest BCUT2D eigenvalue weighted by Crippen LogP contribution is -2.63. The van der Waals surface area contributed by atoms with Crippen molar-refractivity contribution in [3.05, 3.63) is 0 Å². The number of likely N-dealkylation sites (tertiary alicyclic amines) is 2. The molecule has 1 atom stereocenters. The first-order valence-corrected chi connectivity index (χ1v) is 6.60. The summed E-state index contributed by atoms with van der Waals surface area (Å²) in [5, 5.41) is 6.75. The van der Waals surface area contributed by atoms with Gasteiger partial charge in [0.25, 0.3) is 0 Å². The summed E-state index contributed by atoms with van der Waals surface area (Å²) in [7, 11) is 4.25. The smallest absolute Gasteiger partial charge is 0.0323 e. The molecule has 0 aromatic carbocycles. The van der Waals surface area contributed by atoms with E-state index in [9.17, 15) is 0 Å². The van der Waals surface area contributed by atoms with E-state index in [0.29, 0.717) is 0 Å². The third-order valence-corrected chi connectivity index (χ3v) is 3.83. The Balaban J connectivity index is 1.60. The summed E-state index contributed by atoms with van der Waals surface area (Å²) in [6.45, 7) is 7.23. The van der Waals surface area contributed by atoms with E-state index in [1.54, 1.807) is 0 Å². The van der Waals surface area contributed by atoms with Crippen LogP contribution in [-0.4, -0.2) is 75.2 Å². The summed E-state index contributed by atoms with van der Waals surface area (Å²) in [5.74, 6) is 0. The average molecular weight is 226 g/mol. The molecule has 0 aromatic rings. The van der Waals surface area contributed by atoms with Crippen molar-refractivity contribution >= 4 is 0 Å². The van der Waals surface area contributed by atoms with E-state index in [2.05, 4.69) is 27.5 Å². The molecule has 2 heterocycles. The molecule has 0 amide bonds. The van der Waals surface area contributed by atoms with E-state index in [1.807, 2.05) is 7.05 Å². The van der Waals surface area contributed by atoms with E-state index in [4.69, 9.17) is 0 Å². The fourth-order valence-corrected chi connectivity index (χ4v) is 2.78. The summed E-state index contributed by atoms with van der Waals surface area (Å²) in [6.07, 6.45) is 2.77. The third kappa shape index (κ3) is 3.17. The van der Waals surface area contributed by atoms with Gasteiger partial charge in [-0.2, -0.15) is 0 Å². The second-order valence-corrected chi connectivity index (χ2v) is 5.27.